The maximum absolute atomic E-state index is 11.4. The van der Waals surface area contributed by atoms with Crippen LogP contribution in [0, 0.1) is 5.92 Å². The SMILES string of the molecule is Nc1ccc(OCCC2CC2)c(S(N)(=O)=O)c1. The third-order valence-electron chi connectivity index (χ3n) is 2.75. The van der Waals surface area contributed by atoms with E-state index in [1.807, 2.05) is 0 Å². The summed E-state index contributed by atoms with van der Waals surface area (Å²) < 4.78 is 28.2. The van der Waals surface area contributed by atoms with Gasteiger partial charge in [0, 0.05) is 5.69 Å². The van der Waals surface area contributed by atoms with Crippen LogP contribution in [-0.2, 0) is 10.0 Å². The van der Waals surface area contributed by atoms with E-state index in [-0.39, 0.29) is 10.6 Å². The first-order chi connectivity index (χ1) is 7.97. The third-order valence-corrected chi connectivity index (χ3v) is 3.69. The van der Waals surface area contributed by atoms with E-state index in [0.717, 1.165) is 12.3 Å². The Balaban J connectivity index is 2.13. The molecular weight excluding hydrogens is 240 g/mol. The lowest BCUT2D eigenvalue weighted by Crippen LogP contribution is -2.14. The summed E-state index contributed by atoms with van der Waals surface area (Å²) >= 11 is 0. The monoisotopic (exact) mass is 256 g/mol. The molecule has 0 aromatic heterocycles. The van der Waals surface area contributed by atoms with Crippen LogP contribution in [0.2, 0.25) is 0 Å². The van der Waals surface area contributed by atoms with E-state index in [1.54, 1.807) is 12.1 Å². The molecule has 0 aliphatic heterocycles. The molecule has 0 heterocycles. The summed E-state index contributed by atoms with van der Waals surface area (Å²) in [5.74, 6) is 1.02. The molecule has 0 bridgehead atoms. The summed E-state index contributed by atoms with van der Waals surface area (Å²) in [6.07, 6.45) is 3.44. The van der Waals surface area contributed by atoms with Crippen molar-refractivity contribution >= 4 is 15.7 Å². The zero-order valence-corrected chi connectivity index (χ0v) is 10.2. The Bertz CT molecular complexity index is 509. The number of hydrogen-bond donors (Lipinski definition) is 2. The molecule has 0 radical (unpaired) electrons. The van der Waals surface area contributed by atoms with E-state index < -0.39 is 10.0 Å². The molecule has 1 aromatic rings. The molecule has 1 aliphatic carbocycles. The van der Waals surface area contributed by atoms with Crippen LogP contribution in [0.1, 0.15) is 19.3 Å². The summed E-state index contributed by atoms with van der Waals surface area (Å²) in [5.41, 5.74) is 5.89. The van der Waals surface area contributed by atoms with Crippen molar-refractivity contribution in [1.29, 1.82) is 0 Å². The lowest BCUT2D eigenvalue weighted by molar-refractivity contribution is 0.295. The molecule has 17 heavy (non-hydrogen) atoms. The van der Waals surface area contributed by atoms with Gasteiger partial charge in [0.25, 0.3) is 0 Å². The van der Waals surface area contributed by atoms with Crippen molar-refractivity contribution in [3.05, 3.63) is 18.2 Å². The maximum Gasteiger partial charge on any atom is 0.241 e. The number of hydrogen-bond acceptors (Lipinski definition) is 4. The summed E-state index contributed by atoms with van der Waals surface area (Å²) in [6, 6.07) is 4.46. The van der Waals surface area contributed by atoms with E-state index in [1.165, 1.54) is 18.9 Å². The number of anilines is 1. The van der Waals surface area contributed by atoms with Crippen LogP contribution in [0.4, 0.5) is 5.69 Å². The minimum atomic E-state index is -3.80. The fourth-order valence-electron chi connectivity index (χ4n) is 1.61. The predicted octanol–water partition coefficient (Wildman–Crippen LogP) is 1.10. The lowest BCUT2D eigenvalue weighted by Gasteiger charge is -2.10. The molecule has 0 atom stereocenters. The topological polar surface area (TPSA) is 95.4 Å². The van der Waals surface area contributed by atoms with Gasteiger partial charge in [0.15, 0.2) is 0 Å². The van der Waals surface area contributed by atoms with Crippen molar-refractivity contribution in [2.24, 2.45) is 11.1 Å². The van der Waals surface area contributed by atoms with Gasteiger partial charge in [0.1, 0.15) is 10.6 Å². The van der Waals surface area contributed by atoms with Crippen molar-refractivity contribution in [2.75, 3.05) is 12.3 Å². The molecule has 1 aromatic carbocycles. The molecule has 2 rings (SSSR count). The molecule has 4 N–H and O–H groups in total. The van der Waals surface area contributed by atoms with Gasteiger partial charge in [0.05, 0.1) is 6.61 Å². The second-order valence-corrected chi connectivity index (χ2v) is 5.86. The summed E-state index contributed by atoms with van der Waals surface area (Å²) in [7, 11) is -3.80. The summed E-state index contributed by atoms with van der Waals surface area (Å²) in [4.78, 5) is -0.0479. The molecule has 5 nitrogen and oxygen atoms in total. The number of ether oxygens (including phenoxy) is 1. The predicted molar refractivity (Wildman–Crippen MR) is 65.1 cm³/mol. The molecule has 0 amide bonds. The number of rotatable bonds is 5. The van der Waals surface area contributed by atoms with Crippen molar-refractivity contribution in [1.82, 2.24) is 0 Å². The number of nitrogens with two attached hydrogens (primary N) is 2. The maximum atomic E-state index is 11.4. The Morgan fingerprint density at radius 2 is 2.06 bits per heavy atom. The van der Waals surface area contributed by atoms with E-state index in [4.69, 9.17) is 15.6 Å². The number of sulfonamides is 1. The van der Waals surface area contributed by atoms with E-state index in [2.05, 4.69) is 0 Å². The number of benzene rings is 1. The van der Waals surface area contributed by atoms with Gasteiger partial charge in [-0.3, -0.25) is 0 Å². The Morgan fingerprint density at radius 1 is 1.35 bits per heavy atom. The Morgan fingerprint density at radius 3 is 2.65 bits per heavy atom. The highest BCUT2D eigenvalue weighted by Gasteiger charge is 2.21. The molecular formula is C11H16N2O3S. The summed E-state index contributed by atoms with van der Waals surface area (Å²) in [6.45, 7) is 0.511. The lowest BCUT2D eigenvalue weighted by atomic mass is 10.3. The first-order valence-corrected chi connectivity index (χ1v) is 7.06. The number of primary sulfonamides is 1. The van der Waals surface area contributed by atoms with Gasteiger partial charge in [0.2, 0.25) is 10.0 Å². The first kappa shape index (κ1) is 12.2. The van der Waals surface area contributed by atoms with Crippen molar-refractivity contribution in [2.45, 2.75) is 24.2 Å². The van der Waals surface area contributed by atoms with Gasteiger partial charge in [-0.15, -0.1) is 0 Å². The van der Waals surface area contributed by atoms with Gasteiger partial charge < -0.3 is 10.5 Å². The fraction of sp³-hybridized carbons (Fsp3) is 0.455. The highest BCUT2D eigenvalue weighted by molar-refractivity contribution is 7.89. The van der Waals surface area contributed by atoms with Crippen molar-refractivity contribution in [3.63, 3.8) is 0 Å². The molecule has 0 unspecified atom stereocenters. The van der Waals surface area contributed by atoms with Crippen LogP contribution in [-0.4, -0.2) is 15.0 Å². The van der Waals surface area contributed by atoms with Crippen molar-refractivity contribution < 1.29 is 13.2 Å². The van der Waals surface area contributed by atoms with E-state index in [9.17, 15) is 8.42 Å². The Labute approximate surface area is 101 Å². The highest BCUT2D eigenvalue weighted by Crippen LogP contribution is 2.33. The zero-order chi connectivity index (χ0) is 12.5. The smallest absolute Gasteiger partial charge is 0.241 e. The second-order valence-electron chi connectivity index (χ2n) is 4.33. The van der Waals surface area contributed by atoms with Crippen molar-refractivity contribution in [3.8, 4) is 5.75 Å². The minimum absolute atomic E-state index is 0.0479. The molecule has 1 fully saturated rings. The van der Waals surface area contributed by atoms with Crippen LogP contribution in [0.15, 0.2) is 23.1 Å². The van der Waals surface area contributed by atoms with Crippen LogP contribution in [0.3, 0.4) is 0 Å². The van der Waals surface area contributed by atoms with Crippen LogP contribution in [0.25, 0.3) is 0 Å². The average molecular weight is 256 g/mol. The Kier molecular flexibility index (Phi) is 3.26. The molecule has 0 saturated heterocycles. The molecule has 1 aliphatic rings. The Hall–Kier alpha value is -1.27. The first-order valence-electron chi connectivity index (χ1n) is 5.52. The van der Waals surface area contributed by atoms with Crippen LogP contribution >= 0.6 is 0 Å². The second kappa shape index (κ2) is 4.54. The van der Waals surface area contributed by atoms with Gasteiger partial charge >= 0.3 is 0 Å². The van der Waals surface area contributed by atoms with Crippen LogP contribution in [0.5, 0.6) is 5.75 Å². The van der Waals surface area contributed by atoms with Gasteiger partial charge in [-0.25, -0.2) is 13.6 Å². The molecule has 6 heteroatoms. The van der Waals surface area contributed by atoms with Gasteiger partial charge in [-0.05, 0) is 30.5 Å². The largest absolute Gasteiger partial charge is 0.492 e. The third kappa shape index (κ3) is 3.34. The molecule has 94 valence electrons. The van der Waals surface area contributed by atoms with Gasteiger partial charge in [-0.1, -0.05) is 12.8 Å². The fourth-order valence-corrected chi connectivity index (χ4v) is 2.32. The highest BCUT2D eigenvalue weighted by atomic mass is 32.2. The van der Waals surface area contributed by atoms with E-state index >= 15 is 0 Å². The van der Waals surface area contributed by atoms with Crippen LogP contribution < -0.4 is 15.6 Å². The molecule has 0 spiro atoms. The summed E-state index contributed by atoms with van der Waals surface area (Å²) in [5, 5.41) is 5.11. The normalized spacial score (nSPS) is 15.8. The quantitative estimate of drug-likeness (QED) is 0.771. The minimum Gasteiger partial charge on any atom is -0.492 e. The standard InChI is InChI=1S/C11H16N2O3S/c12-9-3-4-10(11(7-9)17(13,14)15)16-6-5-8-1-2-8/h3-4,7-8H,1-2,5-6,12H2,(H2,13,14,15). The van der Waals surface area contributed by atoms with E-state index in [0.29, 0.717) is 12.3 Å². The zero-order valence-electron chi connectivity index (χ0n) is 9.43. The average Bonchev–Trinajstić information content (AvgIpc) is 3.02. The van der Waals surface area contributed by atoms with Gasteiger partial charge in [-0.2, -0.15) is 0 Å². The molecule has 1 saturated carbocycles. The number of nitrogen functional groups attached to an aromatic ring is 1.